The first kappa shape index (κ1) is 37.5. The van der Waals surface area contributed by atoms with E-state index in [1.165, 1.54) is 119 Å². The SMILES string of the molecule is c1ccc(-c2cccc([Si](c3ccccc3)(c3ccccc3)c3ccc(-n4c5ccccc5c5c(-n6c7ccccc7c7c(C8CCCCC8)cccc76)cccc54)cc3)c2)cc1. The van der Waals surface area contributed by atoms with E-state index in [1.54, 1.807) is 0 Å². The summed E-state index contributed by atoms with van der Waals surface area (Å²) in [5.74, 6) is 0.612. The van der Waals surface area contributed by atoms with Crippen LogP contribution in [0.4, 0.5) is 0 Å². The van der Waals surface area contributed by atoms with Crippen LogP contribution in [0, 0.1) is 0 Å². The molecule has 2 aromatic heterocycles. The van der Waals surface area contributed by atoms with E-state index in [2.05, 4.69) is 234 Å². The maximum Gasteiger partial charge on any atom is 0.179 e. The van der Waals surface area contributed by atoms with E-state index in [0.29, 0.717) is 5.92 Å². The highest BCUT2D eigenvalue weighted by Crippen LogP contribution is 2.44. The molecule has 0 amide bonds. The Kier molecular flexibility index (Phi) is 9.30. The Morgan fingerprint density at radius 3 is 1.52 bits per heavy atom. The molecule has 0 bridgehead atoms. The number of hydrogen-bond donors (Lipinski definition) is 0. The molecular weight excluding hydrogens is 777 g/mol. The van der Waals surface area contributed by atoms with E-state index >= 15 is 0 Å². The largest absolute Gasteiger partial charge is 0.309 e. The van der Waals surface area contributed by atoms with Crippen molar-refractivity contribution in [2.45, 2.75) is 38.0 Å². The predicted octanol–water partition coefficient (Wildman–Crippen LogP) is 13.0. The Hall–Kier alpha value is -7.20. The molecule has 11 aromatic rings. The topological polar surface area (TPSA) is 9.86 Å². The van der Waals surface area contributed by atoms with E-state index in [4.69, 9.17) is 0 Å². The summed E-state index contributed by atoms with van der Waals surface area (Å²) in [6.07, 6.45) is 6.56. The van der Waals surface area contributed by atoms with E-state index in [0.717, 1.165) is 5.69 Å². The molecule has 0 unspecified atom stereocenters. The molecule has 63 heavy (non-hydrogen) atoms. The molecule has 0 N–H and O–H groups in total. The van der Waals surface area contributed by atoms with Crippen LogP contribution in [0.3, 0.4) is 0 Å². The third-order valence-corrected chi connectivity index (χ3v) is 18.8. The van der Waals surface area contributed by atoms with Gasteiger partial charge < -0.3 is 9.13 Å². The van der Waals surface area contributed by atoms with Crippen LogP contribution in [0.15, 0.2) is 224 Å². The lowest BCUT2D eigenvalue weighted by Gasteiger charge is -2.35. The minimum Gasteiger partial charge on any atom is -0.309 e. The number of para-hydroxylation sites is 2. The number of rotatable bonds is 8. The number of aromatic nitrogens is 2. The third-order valence-electron chi connectivity index (χ3n) is 14.1. The van der Waals surface area contributed by atoms with Crippen molar-refractivity contribution in [2.24, 2.45) is 0 Å². The summed E-state index contributed by atoms with van der Waals surface area (Å²) in [5.41, 5.74) is 11.4. The molecule has 0 saturated heterocycles. The van der Waals surface area contributed by atoms with Gasteiger partial charge in [0.1, 0.15) is 0 Å². The third kappa shape index (κ3) is 6.06. The molecule has 0 spiro atoms. The van der Waals surface area contributed by atoms with Crippen molar-refractivity contribution in [2.75, 3.05) is 0 Å². The first-order chi connectivity index (χ1) is 31.3. The van der Waals surface area contributed by atoms with Crippen molar-refractivity contribution in [3.63, 3.8) is 0 Å². The summed E-state index contributed by atoms with van der Waals surface area (Å²) in [6.45, 7) is 0. The summed E-state index contributed by atoms with van der Waals surface area (Å²) in [4.78, 5) is 0. The van der Waals surface area contributed by atoms with Crippen LogP contribution in [-0.4, -0.2) is 17.2 Å². The lowest BCUT2D eigenvalue weighted by atomic mass is 9.82. The molecule has 1 aliphatic rings. The van der Waals surface area contributed by atoms with Gasteiger partial charge in [-0.2, -0.15) is 0 Å². The Morgan fingerprint density at radius 2 is 0.841 bits per heavy atom. The average Bonchev–Trinajstić information content (AvgIpc) is 3.89. The fourth-order valence-corrected chi connectivity index (χ4v) is 16.1. The van der Waals surface area contributed by atoms with Crippen molar-refractivity contribution in [1.82, 2.24) is 9.13 Å². The molecule has 302 valence electrons. The van der Waals surface area contributed by atoms with Gasteiger partial charge in [0.2, 0.25) is 0 Å². The van der Waals surface area contributed by atoms with Crippen LogP contribution >= 0.6 is 0 Å². The van der Waals surface area contributed by atoms with Crippen molar-refractivity contribution in [3.8, 4) is 22.5 Å². The second kappa shape index (κ2) is 15.6. The summed E-state index contributed by atoms with van der Waals surface area (Å²) in [6, 6.07) is 84.3. The minimum atomic E-state index is -2.81. The van der Waals surface area contributed by atoms with Crippen LogP contribution in [0.2, 0.25) is 0 Å². The van der Waals surface area contributed by atoms with Gasteiger partial charge in [-0.25, -0.2) is 0 Å². The standard InChI is InChI=1S/C60H48N2Si/c1-5-20-43(21-6-1)45-24-17-29-50(42-45)63(47-25-9-3-10-26-47,48-27-11-4-12-28-48)49-40-38-46(39-41-49)61-54-33-15-14-31-53(54)60-57(61)36-19-37-58(60)62-55-34-16-13-30-52(55)59-51(32-18-35-56(59)62)44-22-7-2-8-23-44/h1,3-6,9-21,24-42,44H,2,7-8,22-23H2. The van der Waals surface area contributed by atoms with Crippen LogP contribution in [0.5, 0.6) is 0 Å². The molecule has 0 atom stereocenters. The monoisotopic (exact) mass is 824 g/mol. The smallest absolute Gasteiger partial charge is 0.179 e. The average molecular weight is 825 g/mol. The molecule has 0 aliphatic heterocycles. The van der Waals surface area contributed by atoms with Crippen LogP contribution in [0.1, 0.15) is 43.6 Å². The van der Waals surface area contributed by atoms with Gasteiger partial charge in [0.05, 0.1) is 27.8 Å². The maximum absolute atomic E-state index is 2.81. The zero-order valence-electron chi connectivity index (χ0n) is 35.4. The summed E-state index contributed by atoms with van der Waals surface area (Å²) in [5, 5.41) is 10.8. The molecule has 9 aromatic carbocycles. The zero-order valence-corrected chi connectivity index (χ0v) is 36.4. The second-order valence-corrected chi connectivity index (χ2v) is 21.2. The number of nitrogens with zero attached hydrogens (tertiary/aromatic N) is 2. The minimum absolute atomic E-state index is 0.612. The van der Waals surface area contributed by atoms with E-state index in [1.807, 2.05) is 0 Å². The molecule has 2 nitrogen and oxygen atoms in total. The van der Waals surface area contributed by atoms with E-state index in [-0.39, 0.29) is 0 Å². The van der Waals surface area contributed by atoms with Crippen LogP contribution < -0.4 is 20.7 Å². The molecule has 1 saturated carbocycles. The fraction of sp³-hybridized carbons (Fsp3) is 0.100. The van der Waals surface area contributed by atoms with Gasteiger partial charge in [-0.3, -0.25) is 0 Å². The molecular formula is C60H48N2Si. The van der Waals surface area contributed by atoms with Crippen molar-refractivity contribution < 1.29 is 0 Å². The zero-order chi connectivity index (χ0) is 41.7. The molecule has 12 rings (SSSR count). The highest BCUT2D eigenvalue weighted by atomic mass is 28.3. The Labute approximate surface area is 370 Å². The molecule has 1 aliphatic carbocycles. The quantitative estimate of drug-likeness (QED) is 0.107. The molecule has 3 heteroatoms. The van der Waals surface area contributed by atoms with Gasteiger partial charge in [0.25, 0.3) is 0 Å². The molecule has 2 heterocycles. The van der Waals surface area contributed by atoms with Gasteiger partial charge in [0.15, 0.2) is 8.07 Å². The summed E-state index contributed by atoms with van der Waals surface area (Å²) >= 11 is 0. The number of benzene rings is 9. The summed E-state index contributed by atoms with van der Waals surface area (Å²) in [7, 11) is -2.81. The highest BCUT2D eigenvalue weighted by Gasteiger charge is 2.41. The lowest BCUT2D eigenvalue weighted by molar-refractivity contribution is 0.445. The van der Waals surface area contributed by atoms with Crippen molar-refractivity contribution >= 4 is 72.4 Å². The van der Waals surface area contributed by atoms with Gasteiger partial charge in [-0.05, 0) is 98.7 Å². The van der Waals surface area contributed by atoms with Gasteiger partial charge >= 0.3 is 0 Å². The fourth-order valence-electron chi connectivity index (χ4n) is 11.3. The first-order valence-electron chi connectivity index (χ1n) is 22.7. The predicted molar refractivity (Wildman–Crippen MR) is 270 cm³/mol. The van der Waals surface area contributed by atoms with Crippen molar-refractivity contribution in [3.05, 3.63) is 230 Å². The summed E-state index contributed by atoms with van der Waals surface area (Å²) < 4.78 is 5.05. The Balaban J connectivity index is 1.07. The van der Waals surface area contributed by atoms with E-state index < -0.39 is 8.07 Å². The van der Waals surface area contributed by atoms with Gasteiger partial charge in [-0.15, -0.1) is 0 Å². The number of fused-ring (bicyclic) bond motifs is 6. The lowest BCUT2D eigenvalue weighted by Crippen LogP contribution is -2.74. The molecule has 1 fully saturated rings. The first-order valence-corrected chi connectivity index (χ1v) is 24.7. The highest BCUT2D eigenvalue weighted by molar-refractivity contribution is 7.19. The maximum atomic E-state index is 2.56. The van der Waals surface area contributed by atoms with Crippen LogP contribution in [-0.2, 0) is 0 Å². The van der Waals surface area contributed by atoms with Crippen LogP contribution in [0.25, 0.3) is 66.1 Å². The van der Waals surface area contributed by atoms with Gasteiger partial charge in [0, 0.05) is 27.2 Å². The van der Waals surface area contributed by atoms with Crippen molar-refractivity contribution in [1.29, 1.82) is 0 Å². The normalized spacial score (nSPS) is 13.7. The Morgan fingerprint density at radius 1 is 0.349 bits per heavy atom. The second-order valence-electron chi connectivity index (χ2n) is 17.4. The molecule has 0 radical (unpaired) electrons. The van der Waals surface area contributed by atoms with Gasteiger partial charge in [-0.1, -0.05) is 201 Å². The number of hydrogen-bond acceptors (Lipinski definition) is 0. The Bertz CT molecular complexity index is 3370. The van der Waals surface area contributed by atoms with E-state index in [9.17, 15) is 0 Å².